The summed E-state index contributed by atoms with van der Waals surface area (Å²) in [6, 6.07) is 19.1. The molecular formula is C25H31N5O7S. The Kier molecular flexibility index (Phi) is 9.94. The van der Waals surface area contributed by atoms with Gasteiger partial charge >= 0.3 is 12.2 Å². The molecule has 2 aromatic carbocycles. The Morgan fingerprint density at radius 2 is 1.37 bits per heavy atom. The van der Waals surface area contributed by atoms with Gasteiger partial charge in [-0.1, -0.05) is 65.8 Å². The summed E-state index contributed by atoms with van der Waals surface area (Å²) in [6.45, 7) is 4.64. The quantitative estimate of drug-likeness (QED) is 0.196. The fraction of sp³-hybridized carbons (Fsp3) is 0.440. The Morgan fingerprint density at radius 1 is 0.921 bits per heavy atom. The van der Waals surface area contributed by atoms with E-state index in [9.17, 15) is 18.0 Å². The predicted molar refractivity (Wildman–Crippen MR) is 138 cm³/mol. The molecule has 0 N–H and O–H groups in total. The van der Waals surface area contributed by atoms with Gasteiger partial charge < -0.3 is 9.47 Å². The van der Waals surface area contributed by atoms with Crippen molar-refractivity contribution in [3.05, 3.63) is 82.2 Å². The van der Waals surface area contributed by atoms with E-state index in [1.807, 2.05) is 74.5 Å². The predicted octanol–water partition coefficient (Wildman–Crippen LogP) is 4.42. The van der Waals surface area contributed by atoms with Crippen molar-refractivity contribution in [3.8, 4) is 0 Å². The van der Waals surface area contributed by atoms with Gasteiger partial charge in [-0.25, -0.2) is 9.59 Å². The van der Waals surface area contributed by atoms with E-state index < -0.39 is 22.3 Å². The summed E-state index contributed by atoms with van der Waals surface area (Å²) < 4.78 is 36.8. The minimum absolute atomic E-state index is 0.0465. The number of rotatable bonds is 9. The highest BCUT2D eigenvalue weighted by Crippen LogP contribution is 2.26. The summed E-state index contributed by atoms with van der Waals surface area (Å²) in [5.74, 6) is 0. The van der Waals surface area contributed by atoms with Crippen molar-refractivity contribution in [3.63, 3.8) is 0 Å². The summed E-state index contributed by atoms with van der Waals surface area (Å²) in [5, 5.41) is 3.43. The highest BCUT2D eigenvalue weighted by molar-refractivity contribution is 7.85. The van der Waals surface area contributed by atoms with Gasteiger partial charge in [0.25, 0.3) is 10.1 Å². The van der Waals surface area contributed by atoms with Gasteiger partial charge in [-0.2, -0.15) is 8.42 Å². The maximum absolute atomic E-state index is 11.8. The van der Waals surface area contributed by atoms with Crippen molar-refractivity contribution in [2.45, 2.75) is 38.1 Å². The largest absolute Gasteiger partial charge is 0.444 e. The first-order valence-corrected chi connectivity index (χ1v) is 13.8. The van der Waals surface area contributed by atoms with E-state index in [1.54, 1.807) is 9.80 Å². The van der Waals surface area contributed by atoms with Gasteiger partial charge in [0, 0.05) is 4.91 Å². The first-order valence-electron chi connectivity index (χ1n) is 12.0. The Bertz CT molecular complexity index is 1240. The van der Waals surface area contributed by atoms with Gasteiger partial charge in [-0.3, -0.25) is 14.0 Å². The number of amides is 2. The third kappa shape index (κ3) is 8.10. The molecule has 2 aliphatic rings. The van der Waals surface area contributed by atoms with Crippen LogP contribution in [-0.4, -0.2) is 75.1 Å². The van der Waals surface area contributed by atoms with E-state index in [0.29, 0.717) is 13.1 Å². The summed E-state index contributed by atoms with van der Waals surface area (Å²) >= 11 is 0. The third-order valence-corrected chi connectivity index (χ3v) is 6.68. The molecule has 2 amide bonds. The summed E-state index contributed by atoms with van der Waals surface area (Å²) in [5.41, 5.74) is 10.3. The lowest BCUT2D eigenvalue weighted by atomic mass is 10.1. The fourth-order valence-electron chi connectivity index (χ4n) is 4.05. The van der Waals surface area contributed by atoms with Crippen LogP contribution in [0.3, 0.4) is 0 Å². The molecule has 2 aliphatic heterocycles. The fourth-order valence-corrected chi connectivity index (χ4v) is 4.45. The van der Waals surface area contributed by atoms with E-state index in [2.05, 4.69) is 14.2 Å². The number of carbonyl (C=O) groups is 2. The average Bonchev–Trinajstić information content (AvgIpc) is 3.48. The van der Waals surface area contributed by atoms with Crippen LogP contribution in [-0.2, 0) is 23.8 Å². The normalized spacial score (nSPS) is 20.5. The van der Waals surface area contributed by atoms with E-state index in [0.717, 1.165) is 17.4 Å². The number of benzene rings is 2. The Morgan fingerprint density at radius 3 is 1.82 bits per heavy atom. The Balaban J connectivity index is 0.000000212. The standard InChI is InChI=1S/C13H17NO5S.C12H14N4O2/c1-10(11-6-4-3-5-7-11)14-8-12(19-13(14)15)9-18-20(2,16)17;1-9(10-5-3-2-4-6-10)16-8-11(7-14-15-13)18-12(16)17/h3-7,10,12H,8-9H2,1-2H3;2-6,9,11H,7-8H2,1H3/t10-,12-;9-,11+/m11/s1. The minimum Gasteiger partial charge on any atom is -0.444 e. The number of carbonyl (C=O) groups excluding carboxylic acids is 2. The minimum atomic E-state index is -3.53. The van der Waals surface area contributed by atoms with E-state index in [1.165, 1.54) is 0 Å². The SMILES string of the molecule is C[C@H](c1ccccc1)N1C[C@H](CN=[N+]=[N-])OC1=O.C[C@H](c1ccccc1)N1C[C@H](COS(C)(=O)=O)OC1=O. The molecule has 0 spiro atoms. The van der Waals surface area contributed by atoms with Crippen molar-refractivity contribution < 1.29 is 31.7 Å². The van der Waals surface area contributed by atoms with Crippen LogP contribution >= 0.6 is 0 Å². The van der Waals surface area contributed by atoms with Crippen molar-refractivity contribution in [1.29, 1.82) is 0 Å². The van der Waals surface area contributed by atoms with Crippen LogP contribution in [0.25, 0.3) is 10.4 Å². The maximum Gasteiger partial charge on any atom is 0.410 e. The van der Waals surface area contributed by atoms with Crippen LogP contribution in [0.1, 0.15) is 37.1 Å². The van der Waals surface area contributed by atoms with Crippen LogP contribution in [0, 0.1) is 0 Å². The van der Waals surface area contributed by atoms with Gasteiger partial charge in [0.05, 0.1) is 38.0 Å². The van der Waals surface area contributed by atoms with Gasteiger partial charge in [0.1, 0.15) is 18.8 Å². The zero-order valence-corrected chi connectivity index (χ0v) is 22.2. The molecule has 0 bridgehead atoms. The van der Waals surface area contributed by atoms with Crippen molar-refractivity contribution in [1.82, 2.24) is 9.80 Å². The Hall–Kier alpha value is -3.80. The molecule has 4 rings (SSSR count). The average molecular weight is 546 g/mol. The molecule has 0 aromatic heterocycles. The lowest BCUT2D eigenvalue weighted by Gasteiger charge is -2.22. The number of hydrogen-bond donors (Lipinski definition) is 0. The number of azide groups is 1. The first kappa shape index (κ1) is 28.8. The van der Waals surface area contributed by atoms with Crippen LogP contribution in [0.15, 0.2) is 65.8 Å². The highest BCUT2D eigenvalue weighted by atomic mass is 32.2. The molecule has 2 fully saturated rings. The number of ether oxygens (including phenoxy) is 2. The zero-order chi connectivity index (χ0) is 27.7. The zero-order valence-electron chi connectivity index (χ0n) is 21.4. The van der Waals surface area contributed by atoms with E-state index in [-0.39, 0.29) is 37.4 Å². The Labute approximate surface area is 221 Å². The topological polar surface area (TPSA) is 151 Å². The molecule has 13 heteroatoms. The molecule has 0 saturated carbocycles. The van der Waals surface area contributed by atoms with Crippen LogP contribution in [0.5, 0.6) is 0 Å². The molecular weight excluding hydrogens is 514 g/mol. The number of cyclic esters (lactones) is 2. The molecule has 0 radical (unpaired) electrons. The molecule has 0 aliphatic carbocycles. The van der Waals surface area contributed by atoms with E-state index >= 15 is 0 Å². The van der Waals surface area contributed by atoms with Crippen LogP contribution in [0.2, 0.25) is 0 Å². The second-order valence-corrected chi connectivity index (χ2v) is 10.5. The molecule has 4 atom stereocenters. The second kappa shape index (κ2) is 13.1. The lowest BCUT2D eigenvalue weighted by molar-refractivity contribution is 0.104. The van der Waals surface area contributed by atoms with Gasteiger partial charge in [-0.15, -0.1) is 0 Å². The van der Waals surface area contributed by atoms with E-state index in [4.69, 9.17) is 15.0 Å². The second-order valence-electron chi connectivity index (χ2n) is 8.89. The maximum atomic E-state index is 11.8. The molecule has 38 heavy (non-hydrogen) atoms. The monoisotopic (exact) mass is 545 g/mol. The summed E-state index contributed by atoms with van der Waals surface area (Å²) in [7, 11) is -3.53. The number of nitrogens with zero attached hydrogens (tertiary/aromatic N) is 5. The molecule has 2 aromatic rings. The van der Waals surface area contributed by atoms with Gasteiger partial charge in [0.2, 0.25) is 0 Å². The summed E-state index contributed by atoms with van der Waals surface area (Å²) in [6.07, 6.45) is -0.760. The first-order chi connectivity index (χ1) is 18.1. The van der Waals surface area contributed by atoms with Crippen molar-refractivity contribution in [2.75, 3.05) is 32.5 Å². The van der Waals surface area contributed by atoms with Gasteiger partial charge in [0.15, 0.2) is 0 Å². The molecule has 0 unspecified atom stereocenters. The molecule has 12 nitrogen and oxygen atoms in total. The van der Waals surface area contributed by atoms with Crippen molar-refractivity contribution in [2.24, 2.45) is 5.11 Å². The van der Waals surface area contributed by atoms with Crippen molar-refractivity contribution >= 4 is 22.3 Å². The lowest BCUT2D eigenvalue weighted by Crippen LogP contribution is -2.29. The molecule has 2 saturated heterocycles. The summed E-state index contributed by atoms with van der Waals surface area (Å²) in [4.78, 5) is 29.4. The molecule has 2 heterocycles. The van der Waals surface area contributed by atoms with Gasteiger partial charge in [-0.05, 0) is 30.5 Å². The van der Waals surface area contributed by atoms with Crippen LogP contribution < -0.4 is 0 Å². The smallest absolute Gasteiger partial charge is 0.410 e. The third-order valence-electron chi connectivity index (χ3n) is 6.12. The molecule has 204 valence electrons. The number of hydrogen-bond acceptors (Lipinski definition) is 8. The highest BCUT2D eigenvalue weighted by Gasteiger charge is 2.36. The van der Waals surface area contributed by atoms with Crippen LogP contribution in [0.4, 0.5) is 9.59 Å².